The highest BCUT2D eigenvalue weighted by atomic mass is 16.1. The maximum absolute atomic E-state index is 11.6. The zero-order chi connectivity index (χ0) is 11.0. The molecule has 1 aliphatic carbocycles. The van der Waals surface area contributed by atoms with Gasteiger partial charge in [-0.1, -0.05) is 6.07 Å². The van der Waals surface area contributed by atoms with Crippen molar-refractivity contribution in [2.24, 2.45) is 5.73 Å². The van der Waals surface area contributed by atoms with Crippen molar-refractivity contribution in [1.82, 2.24) is 5.32 Å². The molecule has 0 unspecified atom stereocenters. The Morgan fingerprint density at radius 2 is 2.27 bits per heavy atom. The van der Waals surface area contributed by atoms with E-state index in [4.69, 9.17) is 5.73 Å². The summed E-state index contributed by atoms with van der Waals surface area (Å²) in [6.45, 7) is 2.00. The molecular weight excluding hydrogens is 188 g/mol. The maximum Gasteiger partial charge on any atom is 0.251 e. The van der Waals surface area contributed by atoms with Crippen LogP contribution in [0.4, 0.5) is 0 Å². The van der Waals surface area contributed by atoms with Crippen LogP contribution >= 0.6 is 0 Å². The van der Waals surface area contributed by atoms with Gasteiger partial charge in [0.1, 0.15) is 0 Å². The van der Waals surface area contributed by atoms with Gasteiger partial charge in [-0.25, -0.2) is 0 Å². The molecule has 15 heavy (non-hydrogen) atoms. The van der Waals surface area contributed by atoms with Gasteiger partial charge in [0.05, 0.1) is 0 Å². The zero-order valence-electron chi connectivity index (χ0n) is 9.13. The van der Waals surface area contributed by atoms with Crippen molar-refractivity contribution in [3.63, 3.8) is 0 Å². The smallest absolute Gasteiger partial charge is 0.251 e. The van der Waals surface area contributed by atoms with Crippen LogP contribution in [0.2, 0.25) is 0 Å². The zero-order valence-corrected chi connectivity index (χ0v) is 9.13. The van der Waals surface area contributed by atoms with E-state index in [1.807, 2.05) is 19.1 Å². The quantitative estimate of drug-likeness (QED) is 0.724. The summed E-state index contributed by atoms with van der Waals surface area (Å²) in [4.78, 5) is 11.6. The van der Waals surface area contributed by atoms with Gasteiger partial charge >= 0.3 is 0 Å². The second kappa shape index (κ2) is 3.66. The first-order valence-corrected chi connectivity index (χ1v) is 5.25. The second-order valence-corrected chi connectivity index (χ2v) is 4.03. The van der Waals surface area contributed by atoms with Gasteiger partial charge in [0.15, 0.2) is 0 Å². The number of benzene rings is 1. The fourth-order valence-corrected chi connectivity index (χ4v) is 2.29. The van der Waals surface area contributed by atoms with Crippen LogP contribution in [0.3, 0.4) is 0 Å². The van der Waals surface area contributed by atoms with Crippen LogP contribution in [-0.2, 0) is 6.42 Å². The van der Waals surface area contributed by atoms with E-state index < -0.39 is 0 Å². The highest BCUT2D eigenvalue weighted by molar-refractivity contribution is 5.95. The molecule has 1 atom stereocenters. The lowest BCUT2D eigenvalue weighted by molar-refractivity contribution is 0.0962. The molecule has 3 nitrogen and oxygen atoms in total. The molecule has 0 aliphatic heterocycles. The van der Waals surface area contributed by atoms with Gasteiger partial charge in [0, 0.05) is 18.7 Å². The van der Waals surface area contributed by atoms with Gasteiger partial charge in [0.2, 0.25) is 0 Å². The number of fused-ring (bicyclic) bond motifs is 1. The van der Waals surface area contributed by atoms with Gasteiger partial charge in [-0.2, -0.15) is 0 Å². The van der Waals surface area contributed by atoms with Crippen molar-refractivity contribution in [2.75, 3.05) is 7.05 Å². The predicted molar refractivity (Wildman–Crippen MR) is 59.8 cm³/mol. The molecule has 3 N–H and O–H groups in total. The summed E-state index contributed by atoms with van der Waals surface area (Å²) in [6, 6.07) is 4.01. The molecule has 2 rings (SSSR count). The Bertz CT molecular complexity index is 412. The number of nitrogens with two attached hydrogens (primary N) is 1. The van der Waals surface area contributed by atoms with E-state index in [0.717, 1.165) is 24.0 Å². The minimum Gasteiger partial charge on any atom is -0.355 e. The monoisotopic (exact) mass is 204 g/mol. The van der Waals surface area contributed by atoms with Crippen LogP contribution in [0.25, 0.3) is 0 Å². The Hall–Kier alpha value is -1.35. The number of hydrogen-bond acceptors (Lipinski definition) is 2. The van der Waals surface area contributed by atoms with Crippen molar-refractivity contribution in [1.29, 1.82) is 0 Å². The van der Waals surface area contributed by atoms with Crippen molar-refractivity contribution < 1.29 is 4.79 Å². The van der Waals surface area contributed by atoms with Crippen LogP contribution in [0.1, 0.15) is 39.5 Å². The lowest BCUT2D eigenvalue weighted by Gasteiger charge is -2.11. The summed E-state index contributed by atoms with van der Waals surface area (Å²) < 4.78 is 0. The van der Waals surface area contributed by atoms with Gasteiger partial charge in [-0.3, -0.25) is 4.79 Å². The van der Waals surface area contributed by atoms with Gasteiger partial charge in [-0.05, 0) is 42.5 Å². The molecule has 1 aliphatic rings. The lowest BCUT2D eigenvalue weighted by atomic mass is 9.97. The Morgan fingerprint density at radius 3 is 2.93 bits per heavy atom. The lowest BCUT2D eigenvalue weighted by Crippen LogP contribution is -2.19. The van der Waals surface area contributed by atoms with Gasteiger partial charge in [-0.15, -0.1) is 0 Å². The SMILES string of the molecule is CNC(=O)c1ccc2c(c1C)CC[C@@H]2N. The third-order valence-electron chi connectivity index (χ3n) is 3.21. The molecule has 80 valence electrons. The van der Waals surface area contributed by atoms with E-state index in [1.165, 1.54) is 11.1 Å². The van der Waals surface area contributed by atoms with E-state index in [9.17, 15) is 4.79 Å². The molecule has 0 radical (unpaired) electrons. The highest BCUT2D eigenvalue weighted by Gasteiger charge is 2.23. The summed E-state index contributed by atoms with van der Waals surface area (Å²) in [7, 11) is 1.65. The summed E-state index contributed by atoms with van der Waals surface area (Å²) >= 11 is 0. The molecule has 0 bridgehead atoms. The van der Waals surface area contributed by atoms with Crippen molar-refractivity contribution in [3.05, 3.63) is 34.4 Å². The Balaban J connectivity index is 2.51. The average molecular weight is 204 g/mol. The molecule has 0 saturated carbocycles. The Labute approximate surface area is 89.7 Å². The fourth-order valence-electron chi connectivity index (χ4n) is 2.29. The molecule has 1 aromatic carbocycles. The third-order valence-corrected chi connectivity index (χ3v) is 3.21. The van der Waals surface area contributed by atoms with Crippen molar-refractivity contribution in [3.8, 4) is 0 Å². The predicted octanol–water partition coefficient (Wildman–Crippen LogP) is 1.30. The topological polar surface area (TPSA) is 55.1 Å². The molecule has 1 aromatic rings. The van der Waals surface area contributed by atoms with Gasteiger partial charge < -0.3 is 11.1 Å². The van der Waals surface area contributed by atoms with Crippen LogP contribution < -0.4 is 11.1 Å². The van der Waals surface area contributed by atoms with Crippen LogP contribution in [-0.4, -0.2) is 13.0 Å². The third kappa shape index (κ3) is 1.53. The van der Waals surface area contributed by atoms with E-state index in [0.29, 0.717) is 0 Å². The van der Waals surface area contributed by atoms with E-state index >= 15 is 0 Å². The first-order valence-electron chi connectivity index (χ1n) is 5.25. The summed E-state index contributed by atoms with van der Waals surface area (Å²) in [5.41, 5.74) is 10.3. The Kier molecular flexibility index (Phi) is 2.49. The molecule has 0 spiro atoms. The van der Waals surface area contributed by atoms with Crippen LogP contribution in [0.5, 0.6) is 0 Å². The first-order chi connectivity index (χ1) is 7.15. The summed E-state index contributed by atoms with van der Waals surface area (Å²) in [5.74, 6) is -0.0178. The minimum absolute atomic E-state index is 0.0178. The second-order valence-electron chi connectivity index (χ2n) is 4.03. The number of amides is 1. The standard InChI is InChI=1S/C12H16N2O/c1-7-8-5-6-11(13)10(8)4-3-9(7)12(15)14-2/h3-4,11H,5-6,13H2,1-2H3,(H,14,15)/t11-/m0/s1. The van der Waals surface area contributed by atoms with E-state index in [-0.39, 0.29) is 11.9 Å². The number of hydrogen-bond donors (Lipinski definition) is 2. The summed E-state index contributed by atoms with van der Waals surface area (Å²) in [6.07, 6.45) is 1.99. The van der Waals surface area contributed by atoms with E-state index in [1.54, 1.807) is 7.05 Å². The number of rotatable bonds is 1. The molecule has 0 aromatic heterocycles. The van der Waals surface area contributed by atoms with Crippen LogP contribution in [0.15, 0.2) is 12.1 Å². The largest absolute Gasteiger partial charge is 0.355 e. The summed E-state index contributed by atoms with van der Waals surface area (Å²) in [5, 5.41) is 2.65. The van der Waals surface area contributed by atoms with E-state index in [2.05, 4.69) is 5.32 Å². The highest BCUT2D eigenvalue weighted by Crippen LogP contribution is 2.32. The van der Waals surface area contributed by atoms with Crippen LogP contribution in [0, 0.1) is 6.92 Å². The normalized spacial score (nSPS) is 18.7. The maximum atomic E-state index is 11.6. The van der Waals surface area contributed by atoms with Gasteiger partial charge in [0.25, 0.3) is 5.91 Å². The average Bonchev–Trinajstić information content (AvgIpc) is 2.61. The minimum atomic E-state index is -0.0178. The van der Waals surface area contributed by atoms with Crippen molar-refractivity contribution >= 4 is 5.91 Å². The molecular formula is C12H16N2O. The number of nitrogens with one attached hydrogen (secondary N) is 1. The number of carbonyl (C=O) groups excluding carboxylic acids is 1. The molecule has 0 heterocycles. The fraction of sp³-hybridized carbons (Fsp3) is 0.417. The molecule has 0 fully saturated rings. The Morgan fingerprint density at radius 1 is 1.53 bits per heavy atom. The molecule has 1 amide bonds. The molecule has 3 heteroatoms. The number of carbonyl (C=O) groups is 1. The first kappa shape index (κ1) is 10.2. The molecule has 0 saturated heterocycles. The van der Waals surface area contributed by atoms with Crippen molar-refractivity contribution in [2.45, 2.75) is 25.8 Å².